The number of rotatable bonds is 0. The van der Waals surface area contributed by atoms with Gasteiger partial charge < -0.3 is 4.98 Å². The lowest BCUT2D eigenvalue weighted by Gasteiger charge is -2.03. The van der Waals surface area contributed by atoms with Crippen LogP contribution in [0.4, 0.5) is 0 Å². The van der Waals surface area contributed by atoms with Crippen LogP contribution in [0.3, 0.4) is 0 Å². The lowest BCUT2D eigenvalue weighted by atomic mass is 10.0. The molecule has 0 bridgehead atoms. The molecule has 1 atom stereocenters. The van der Waals surface area contributed by atoms with Crippen molar-refractivity contribution >= 4 is 23.1 Å². The van der Waals surface area contributed by atoms with E-state index in [1.807, 2.05) is 0 Å². The summed E-state index contributed by atoms with van der Waals surface area (Å²) in [6, 6.07) is 8.50. The van der Waals surface area contributed by atoms with Crippen LogP contribution in [-0.4, -0.2) is 4.98 Å². The van der Waals surface area contributed by atoms with E-state index in [0.717, 1.165) is 6.42 Å². The van der Waals surface area contributed by atoms with E-state index in [2.05, 4.69) is 48.3 Å². The third-order valence-electron chi connectivity index (χ3n) is 2.92. The van der Waals surface area contributed by atoms with Crippen LogP contribution in [0.25, 0.3) is 23.1 Å². The van der Waals surface area contributed by atoms with E-state index in [4.69, 9.17) is 0 Å². The topological polar surface area (TPSA) is 15.8 Å². The van der Waals surface area contributed by atoms with E-state index < -0.39 is 0 Å². The van der Waals surface area contributed by atoms with Crippen molar-refractivity contribution < 1.29 is 0 Å². The smallest absolute Gasteiger partial charge is 0.0464 e. The Morgan fingerprint density at radius 1 is 1.29 bits per heavy atom. The van der Waals surface area contributed by atoms with Crippen molar-refractivity contribution in [1.29, 1.82) is 0 Å². The normalized spacial score (nSPS) is 19.9. The van der Waals surface area contributed by atoms with Gasteiger partial charge >= 0.3 is 0 Å². The quantitative estimate of drug-likeness (QED) is 0.640. The number of aromatic nitrogens is 1. The third-order valence-corrected chi connectivity index (χ3v) is 2.92. The Morgan fingerprint density at radius 3 is 3.07 bits per heavy atom. The number of fused-ring (bicyclic) bond motifs is 3. The van der Waals surface area contributed by atoms with Crippen LogP contribution in [0.1, 0.15) is 13.3 Å². The van der Waals surface area contributed by atoms with Crippen molar-refractivity contribution in [2.75, 3.05) is 0 Å². The molecule has 0 saturated heterocycles. The van der Waals surface area contributed by atoms with Gasteiger partial charge in [0.25, 0.3) is 0 Å². The second-order valence-electron chi connectivity index (χ2n) is 4.08. The SMILES string of the molecule is CC1C=c2[nH]c3ccccc3c2=CC1. The lowest BCUT2D eigenvalue weighted by molar-refractivity contribution is 0.798. The minimum absolute atomic E-state index is 0.663. The number of nitrogens with one attached hydrogen (secondary N) is 1. The van der Waals surface area contributed by atoms with Crippen molar-refractivity contribution in [2.24, 2.45) is 5.92 Å². The number of hydrogen-bond acceptors (Lipinski definition) is 0. The highest BCUT2D eigenvalue weighted by Gasteiger charge is 2.05. The zero-order chi connectivity index (χ0) is 9.54. The van der Waals surface area contributed by atoms with E-state index in [-0.39, 0.29) is 0 Å². The molecule has 0 saturated carbocycles. The summed E-state index contributed by atoms with van der Waals surface area (Å²) in [7, 11) is 0. The molecule has 1 aromatic heterocycles. The zero-order valence-corrected chi connectivity index (χ0v) is 8.25. The number of hydrogen-bond donors (Lipinski definition) is 1. The summed E-state index contributed by atoms with van der Waals surface area (Å²) in [5, 5.41) is 4.04. The van der Waals surface area contributed by atoms with Gasteiger partial charge in [0, 0.05) is 21.5 Å². The van der Waals surface area contributed by atoms with E-state index in [0.29, 0.717) is 5.92 Å². The van der Waals surface area contributed by atoms with Gasteiger partial charge in [0.05, 0.1) is 0 Å². The molecule has 1 unspecified atom stereocenters. The predicted molar refractivity (Wildman–Crippen MR) is 60.3 cm³/mol. The minimum atomic E-state index is 0.663. The van der Waals surface area contributed by atoms with Crippen molar-refractivity contribution in [1.82, 2.24) is 4.98 Å². The van der Waals surface area contributed by atoms with Crippen molar-refractivity contribution in [3.05, 3.63) is 34.8 Å². The van der Waals surface area contributed by atoms with Crippen molar-refractivity contribution in [3.8, 4) is 0 Å². The van der Waals surface area contributed by atoms with Gasteiger partial charge in [0.1, 0.15) is 0 Å². The van der Waals surface area contributed by atoms with Crippen molar-refractivity contribution in [3.63, 3.8) is 0 Å². The Bertz CT molecular complexity index is 589. The van der Waals surface area contributed by atoms with Crippen LogP contribution in [0.15, 0.2) is 24.3 Å². The summed E-state index contributed by atoms with van der Waals surface area (Å²) in [4.78, 5) is 3.46. The highest BCUT2D eigenvalue weighted by atomic mass is 14.7. The molecular formula is C13H13N. The van der Waals surface area contributed by atoms with Gasteiger partial charge in [-0.3, -0.25) is 0 Å². The molecule has 1 nitrogen and oxygen atoms in total. The Morgan fingerprint density at radius 2 is 2.14 bits per heavy atom. The fraction of sp³-hybridized carbons (Fsp3) is 0.231. The van der Waals surface area contributed by atoms with Gasteiger partial charge in [-0.1, -0.05) is 37.3 Å². The molecule has 0 fully saturated rings. The number of para-hydroxylation sites is 1. The maximum atomic E-state index is 3.46. The highest BCUT2D eigenvalue weighted by molar-refractivity contribution is 5.81. The summed E-state index contributed by atoms with van der Waals surface area (Å²) in [5.74, 6) is 0.663. The van der Waals surface area contributed by atoms with E-state index >= 15 is 0 Å². The largest absolute Gasteiger partial charge is 0.355 e. The lowest BCUT2D eigenvalue weighted by Crippen LogP contribution is -2.26. The van der Waals surface area contributed by atoms with E-state index in [9.17, 15) is 0 Å². The number of H-pyrrole nitrogens is 1. The first-order valence-electron chi connectivity index (χ1n) is 5.13. The summed E-state index contributed by atoms with van der Waals surface area (Å²) < 4.78 is 0. The average Bonchev–Trinajstić information content (AvgIpc) is 2.54. The standard InChI is InChI=1S/C13H13N/c1-9-6-7-11-10-4-2-3-5-12(10)14-13(11)8-9/h2-5,7-9,14H,6H2,1H3. The Balaban J connectivity index is 2.52. The molecule has 0 radical (unpaired) electrons. The van der Waals surface area contributed by atoms with Crippen LogP contribution in [0.5, 0.6) is 0 Å². The number of aromatic amines is 1. The highest BCUT2D eigenvalue weighted by Crippen LogP contribution is 2.10. The Hall–Kier alpha value is -1.50. The van der Waals surface area contributed by atoms with Gasteiger partial charge in [-0.15, -0.1) is 0 Å². The van der Waals surface area contributed by atoms with E-state index in [1.54, 1.807) is 0 Å². The third kappa shape index (κ3) is 1.02. The summed E-state index contributed by atoms with van der Waals surface area (Å²) in [6.07, 6.45) is 5.84. The molecule has 0 aliphatic heterocycles. The molecule has 14 heavy (non-hydrogen) atoms. The van der Waals surface area contributed by atoms with Crippen LogP contribution in [0, 0.1) is 5.92 Å². The van der Waals surface area contributed by atoms with Crippen LogP contribution < -0.4 is 10.6 Å². The maximum absolute atomic E-state index is 3.46. The second kappa shape index (κ2) is 2.74. The Kier molecular flexibility index (Phi) is 1.54. The van der Waals surface area contributed by atoms with Crippen LogP contribution >= 0.6 is 0 Å². The Labute approximate surface area is 82.8 Å². The molecule has 1 aromatic carbocycles. The molecule has 1 heterocycles. The molecular weight excluding hydrogens is 170 g/mol. The van der Waals surface area contributed by atoms with Gasteiger partial charge in [0.2, 0.25) is 0 Å². The predicted octanol–water partition coefficient (Wildman–Crippen LogP) is 1.77. The molecule has 0 spiro atoms. The van der Waals surface area contributed by atoms with Gasteiger partial charge in [0.15, 0.2) is 0 Å². The molecule has 1 N–H and O–H groups in total. The first-order valence-corrected chi connectivity index (χ1v) is 5.13. The van der Waals surface area contributed by atoms with Gasteiger partial charge in [-0.05, 0) is 18.4 Å². The average molecular weight is 183 g/mol. The first-order chi connectivity index (χ1) is 6.84. The van der Waals surface area contributed by atoms with Crippen LogP contribution in [-0.2, 0) is 0 Å². The molecule has 70 valence electrons. The maximum Gasteiger partial charge on any atom is 0.0464 e. The molecule has 3 rings (SSSR count). The number of benzene rings is 1. The van der Waals surface area contributed by atoms with Crippen LogP contribution in [0.2, 0.25) is 0 Å². The molecule has 1 aliphatic carbocycles. The molecule has 1 aliphatic rings. The molecule has 2 aromatic rings. The summed E-state index contributed by atoms with van der Waals surface area (Å²) >= 11 is 0. The fourth-order valence-corrected chi connectivity index (χ4v) is 2.19. The van der Waals surface area contributed by atoms with Gasteiger partial charge in [-0.25, -0.2) is 0 Å². The monoisotopic (exact) mass is 183 g/mol. The van der Waals surface area contributed by atoms with Gasteiger partial charge in [-0.2, -0.15) is 0 Å². The minimum Gasteiger partial charge on any atom is -0.355 e. The second-order valence-corrected chi connectivity index (χ2v) is 4.08. The van der Waals surface area contributed by atoms with E-state index in [1.165, 1.54) is 21.5 Å². The summed E-state index contributed by atoms with van der Waals surface area (Å²) in [5.41, 5.74) is 1.25. The fourth-order valence-electron chi connectivity index (χ4n) is 2.19. The zero-order valence-electron chi connectivity index (χ0n) is 8.25. The molecule has 1 heteroatoms. The summed E-state index contributed by atoms with van der Waals surface area (Å²) in [6.45, 7) is 2.25. The first kappa shape index (κ1) is 7.86. The van der Waals surface area contributed by atoms with Crippen molar-refractivity contribution in [2.45, 2.75) is 13.3 Å². The molecule has 0 amide bonds.